The molecule has 0 radical (unpaired) electrons. The maximum absolute atomic E-state index is 13.7. The molecule has 0 aliphatic heterocycles. The topological polar surface area (TPSA) is 386 Å². The summed E-state index contributed by atoms with van der Waals surface area (Å²) in [5, 5.41) is 13.8. The molecular formula is C41H24N6Na8O17S4. The van der Waals surface area contributed by atoms with Crippen LogP contribution in [0, 0.1) is 24.3 Å². The van der Waals surface area contributed by atoms with E-state index in [0.29, 0.717) is 24.3 Å². The van der Waals surface area contributed by atoms with Gasteiger partial charge in [-0.15, -0.1) is 0 Å². The van der Waals surface area contributed by atoms with Crippen LogP contribution in [0.2, 0.25) is 0 Å². The van der Waals surface area contributed by atoms with Crippen molar-refractivity contribution in [2.45, 2.75) is 19.6 Å². The molecule has 35 heteroatoms. The molecular weight excluding hydrogens is 1160 g/mol. The second kappa shape index (κ2) is 34.7. The van der Waals surface area contributed by atoms with E-state index in [1.807, 2.05) is 10.6 Å². The molecule has 0 unspecified atom stereocenters. The quantitative estimate of drug-likeness (QED) is 0.0335. The SMILES string of the molecule is O=C(Nc1cc(C(=O)Nc2[c-]c[c-]cc2)cc(C(=O)Nc2[c-]c[c-]cc2)c1)Nc1cc(C(=O)Nc2ccc(S(=O)(=O)[O-])cc2S(=O)(=O)[O-])cc(C(=O)Nc2ccc(S(=O)(=O)[O-])cc2S(=O)(=O)[O-])c1.[Na+].[Na+].[Na+].[Na+].[Na+].[Na+].[Na+].[Na+]. The van der Waals surface area contributed by atoms with Gasteiger partial charge in [0.2, 0.25) is 0 Å². The summed E-state index contributed by atoms with van der Waals surface area (Å²) in [7, 11) is -21.9. The molecule has 6 amide bonds. The van der Waals surface area contributed by atoms with Gasteiger partial charge in [0.15, 0.2) is 0 Å². The summed E-state index contributed by atoms with van der Waals surface area (Å²) in [6.07, 6.45) is 0. The Labute approximate surface area is 612 Å². The fraction of sp³-hybridized carbons (Fsp3) is 0. The van der Waals surface area contributed by atoms with E-state index in [-0.39, 0.29) is 277 Å². The summed E-state index contributed by atoms with van der Waals surface area (Å²) >= 11 is 0. The number of nitrogens with one attached hydrogen (secondary N) is 6. The molecule has 6 aromatic carbocycles. The zero-order valence-electron chi connectivity index (χ0n) is 41.5. The summed E-state index contributed by atoms with van der Waals surface area (Å²) in [4.78, 5) is 62.6. The predicted octanol–water partition coefficient (Wildman–Crippen LogP) is -20.8. The minimum Gasteiger partial charge on any atom is -0.744 e. The number of anilines is 6. The molecule has 0 atom stereocenters. The number of amides is 6. The average molecular weight is 1180 g/mol. The molecule has 0 saturated carbocycles. The largest absolute Gasteiger partial charge is 1.00 e. The van der Waals surface area contributed by atoms with Gasteiger partial charge in [-0.3, -0.25) is 43.4 Å². The van der Waals surface area contributed by atoms with E-state index in [0.717, 1.165) is 30.3 Å². The number of benzene rings is 6. The van der Waals surface area contributed by atoms with Gasteiger partial charge in [-0.05, 0) is 72.8 Å². The first kappa shape index (κ1) is 80.3. The number of carbonyl (C=O) groups excluding carboxylic acids is 5. The molecule has 352 valence electrons. The van der Waals surface area contributed by atoms with Crippen molar-refractivity contribution in [3.8, 4) is 0 Å². The fourth-order valence-corrected chi connectivity index (χ4v) is 8.24. The maximum atomic E-state index is 13.7. The third-order valence-corrected chi connectivity index (χ3v) is 12.2. The summed E-state index contributed by atoms with van der Waals surface area (Å²) in [5.74, 6) is -4.30. The van der Waals surface area contributed by atoms with Crippen molar-refractivity contribution in [1.82, 2.24) is 0 Å². The van der Waals surface area contributed by atoms with Gasteiger partial charge < -0.3 is 86.5 Å². The molecule has 0 aliphatic rings. The summed E-state index contributed by atoms with van der Waals surface area (Å²) in [6, 6.07) is 27.1. The average Bonchev–Trinajstić information content (AvgIpc) is 3.25. The van der Waals surface area contributed by atoms with Crippen LogP contribution in [0.15, 0.2) is 129 Å². The van der Waals surface area contributed by atoms with Crippen molar-refractivity contribution in [1.29, 1.82) is 0 Å². The zero-order chi connectivity index (χ0) is 49.8. The minimum atomic E-state index is -5.62. The number of carbonyl (C=O) groups is 5. The van der Waals surface area contributed by atoms with Crippen LogP contribution in [-0.2, 0) is 40.5 Å². The second-order valence-corrected chi connectivity index (χ2v) is 19.0. The molecule has 6 N–H and O–H groups in total. The van der Waals surface area contributed by atoms with Gasteiger partial charge in [-0.25, -0.2) is 38.5 Å². The Morgan fingerprint density at radius 1 is 0.368 bits per heavy atom. The first-order chi connectivity index (χ1) is 31.7. The minimum absolute atomic E-state index is 0. The van der Waals surface area contributed by atoms with Gasteiger partial charge in [-0.1, -0.05) is 0 Å². The van der Waals surface area contributed by atoms with E-state index in [4.69, 9.17) is 0 Å². The van der Waals surface area contributed by atoms with Crippen molar-refractivity contribution in [2.24, 2.45) is 0 Å². The van der Waals surface area contributed by atoms with Crippen LogP contribution >= 0.6 is 0 Å². The molecule has 6 aromatic rings. The Morgan fingerprint density at radius 3 is 0.934 bits per heavy atom. The third kappa shape index (κ3) is 23.4. The summed E-state index contributed by atoms with van der Waals surface area (Å²) < 4.78 is 142. The Kier molecular flexibility index (Phi) is 36.6. The fourth-order valence-electron chi connectivity index (χ4n) is 5.78. The molecule has 6 rings (SSSR count). The molecule has 0 spiro atoms. The number of urea groups is 1. The van der Waals surface area contributed by atoms with Gasteiger partial charge in [0.25, 0.3) is 23.6 Å². The first-order valence-corrected chi connectivity index (χ1v) is 23.9. The van der Waals surface area contributed by atoms with Gasteiger partial charge >= 0.3 is 242 Å². The normalized spacial score (nSPS) is 10.5. The Balaban J connectivity index is -0.00000666. The Hall–Kier alpha value is 0.110. The van der Waals surface area contributed by atoms with E-state index < -0.39 is 118 Å². The van der Waals surface area contributed by atoms with Crippen LogP contribution in [0.25, 0.3) is 0 Å². The molecule has 0 heterocycles. The standard InChI is InChI=1S/C41H28N6O17S4.8Na/c48-37(42-27-7-3-1-4-8-27)23-15-24(38(49)43-28-9-5-2-6-10-28)18-29(17-23)44-41(52)45-30-19-25(39(50)46-33-13-11-31(65(53,54)55)21-35(33)67(59,60)61)16-26(20-30)40(51)47-34-14-12-32(66(56,57)58)22-36(34)68(62,63)64;;;;;;;;/h3-7,9,11-22H,(H,42,48)(H,43,49)(H,46,50)(H,47,51)(H2,44,45,52)(H,53,54,55)(H,56,57,58)(H,59,60,61)(H,62,63,64);;;;;;;;/q-4;8*+1/p-4. The second-order valence-electron chi connectivity index (χ2n) is 13.5. The van der Waals surface area contributed by atoms with Crippen molar-refractivity contribution in [2.75, 3.05) is 31.9 Å². The number of hydrogen-bond acceptors (Lipinski definition) is 17. The van der Waals surface area contributed by atoms with E-state index >= 15 is 0 Å². The molecule has 0 aliphatic carbocycles. The van der Waals surface area contributed by atoms with Gasteiger partial charge in [0.1, 0.15) is 40.5 Å². The zero-order valence-corrected chi connectivity index (χ0v) is 60.7. The smallest absolute Gasteiger partial charge is 0.744 e. The van der Waals surface area contributed by atoms with Gasteiger partial charge in [0, 0.05) is 33.6 Å². The van der Waals surface area contributed by atoms with Gasteiger partial charge in [-0.2, -0.15) is 11.4 Å². The monoisotopic (exact) mass is 1180 g/mol. The Morgan fingerprint density at radius 2 is 0.671 bits per heavy atom. The predicted molar refractivity (Wildman–Crippen MR) is 230 cm³/mol. The van der Waals surface area contributed by atoms with Crippen LogP contribution < -0.4 is 268 Å². The van der Waals surface area contributed by atoms with E-state index in [1.54, 1.807) is 0 Å². The molecule has 0 aromatic heterocycles. The van der Waals surface area contributed by atoms with E-state index in [1.165, 1.54) is 42.5 Å². The number of hydrogen-bond donors (Lipinski definition) is 6. The van der Waals surface area contributed by atoms with Crippen molar-refractivity contribution < 1.29 is 312 Å². The third-order valence-electron chi connectivity index (χ3n) is 8.76. The van der Waals surface area contributed by atoms with Gasteiger partial charge in [0.05, 0.1) is 31.0 Å². The summed E-state index contributed by atoms with van der Waals surface area (Å²) in [5.41, 5.74) is -3.66. The van der Waals surface area contributed by atoms with Crippen molar-refractivity contribution in [3.63, 3.8) is 0 Å². The maximum Gasteiger partial charge on any atom is 1.00 e. The first-order valence-electron chi connectivity index (χ1n) is 18.3. The molecule has 23 nitrogen and oxygen atoms in total. The Bertz CT molecular complexity index is 3330. The van der Waals surface area contributed by atoms with Crippen LogP contribution in [-0.4, -0.2) is 81.5 Å². The number of rotatable bonds is 14. The summed E-state index contributed by atoms with van der Waals surface area (Å²) in [6.45, 7) is 0. The van der Waals surface area contributed by atoms with Crippen LogP contribution in [0.3, 0.4) is 0 Å². The van der Waals surface area contributed by atoms with E-state index in [2.05, 4.69) is 45.5 Å². The molecule has 76 heavy (non-hydrogen) atoms. The molecule has 0 saturated heterocycles. The molecule has 0 bridgehead atoms. The van der Waals surface area contributed by atoms with Crippen molar-refractivity contribution >= 4 is 104 Å². The molecule has 0 fully saturated rings. The van der Waals surface area contributed by atoms with Crippen LogP contribution in [0.4, 0.5) is 38.9 Å². The van der Waals surface area contributed by atoms with Crippen LogP contribution in [0.1, 0.15) is 41.4 Å². The van der Waals surface area contributed by atoms with Crippen molar-refractivity contribution in [3.05, 3.63) is 156 Å². The van der Waals surface area contributed by atoms with E-state index in [9.17, 15) is 75.9 Å². The van der Waals surface area contributed by atoms with Crippen LogP contribution in [0.5, 0.6) is 0 Å².